The second-order valence-corrected chi connectivity index (χ2v) is 4.49. The van der Waals surface area contributed by atoms with E-state index in [1.807, 2.05) is 0 Å². The SMILES string of the molecule is Cc1ccc2c(c1C)CC(C)CC2. The topological polar surface area (TPSA) is 0 Å². The number of rotatable bonds is 0. The summed E-state index contributed by atoms with van der Waals surface area (Å²) in [6.07, 6.45) is 3.95. The highest BCUT2D eigenvalue weighted by molar-refractivity contribution is 5.41. The maximum atomic E-state index is 2.37. The second kappa shape index (κ2) is 3.17. The molecule has 0 radical (unpaired) electrons. The van der Waals surface area contributed by atoms with Crippen LogP contribution in [0.4, 0.5) is 0 Å². The molecule has 1 aliphatic carbocycles. The van der Waals surface area contributed by atoms with Gasteiger partial charge in [0.1, 0.15) is 0 Å². The Bertz CT molecular complexity index is 323. The molecule has 0 aliphatic heterocycles. The normalized spacial score (nSPS) is 21.3. The summed E-state index contributed by atoms with van der Waals surface area (Å²) in [4.78, 5) is 0. The van der Waals surface area contributed by atoms with Crippen LogP contribution >= 0.6 is 0 Å². The molecule has 0 saturated heterocycles. The Morgan fingerprint density at radius 1 is 1.23 bits per heavy atom. The Hall–Kier alpha value is -0.780. The summed E-state index contributed by atoms with van der Waals surface area (Å²) in [5, 5.41) is 0. The van der Waals surface area contributed by atoms with Crippen LogP contribution in [0.25, 0.3) is 0 Å². The smallest absolute Gasteiger partial charge is 0.0247 e. The number of hydrogen-bond donors (Lipinski definition) is 0. The molecular formula is C13H18. The lowest BCUT2D eigenvalue weighted by Crippen LogP contribution is -2.13. The lowest BCUT2D eigenvalue weighted by Gasteiger charge is -2.24. The quantitative estimate of drug-likeness (QED) is 0.565. The maximum Gasteiger partial charge on any atom is -0.0247 e. The zero-order chi connectivity index (χ0) is 9.42. The van der Waals surface area contributed by atoms with Crippen molar-refractivity contribution in [2.45, 2.75) is 40.0 Å². The monoisotopic (exact) mass is 174 g/mol. The zero-order valence-electron chi connectivity index (χ0n) is 8.85. The fourth-order valence-corrected chi connectivity index (χ4v) is 2.30. The van der Waals surface area contributed by atoms with Gasteiger partial charge in [0.05, 0.1) is 0 Å². The van der Waals surface area contributed by atoms with Crippen LogP contribution in [0.3, 0.4) is 0 Å². The van der Waals surface area contributed by atoms with Crippen molar-refractivity contribution in [3.8, 4) is 0 Å². The van der Waals surface area contributed by atoms with Crippen molar-refractivity contribution in [2.75, 3.05) is 0 Å². The second-order valence-electron chi connectivity index (χ2n) is 4.49. The molecule has 0 nitrogen and oxygen atoms in total. The van der Waals surface area contributed by atoms with Gasteiger partial charge in [-0.05, 0) is 61.3 Å². The summed E-state index contributed by atoms with van der Waals surface area (Å²) in [7, 11) is 0. The molecule has 0 amide bonds. The van der Waals surface area contributed by atoms with Crippen LogP contribution in [0.15, 0.2) is 12.1 Å². The van der Waals surface area contributed by atoms with Crippen LogP contribution in [0.1, 0.15) is 35.6 Å². The van der Waals surface area contributed by atoms with Gasteiger partial charge >= 0.3 is 0 Å². The summed E-state index contributed by atoms with van der Waals surface area (Å²) >= 11 is 0. The van der Waals surface area contributed by atoms with Crippen LogP contribution in [0.5, 0.6) is 0 Å². The lowest BCUT2D eigenvalue weighted by atomic mass is 9.82. The summed E-state index contributed by atoms with van der Waals surface area (Å²) in [5.41, 5.74) is 6.22. The number of aryl methyl sites for hydroxylation is 2. The van der Waals surface area contributed by atoms with Crippen LogP contribution in [0, 0.1) is 19.8 Å². The van der Waals surface area contributed by atoms with Gasteiger partial charge in [-0.2, -0.15) is 0 Å². The average molecular weight is 174 g/mol. The van der Waals surface area contributed by atoms with E-state index in [1.165, 1.54) is 30.4 Å². The van der Waals surface area contributed by atoms with Crippen LogP contribution in [-0.2, 0) is 12.8 Å². The van der Waals surface area contributed by atoms with E-state index in [1.54, 1.807) is 11.1 Å². The van der Waals surface area contributed by atoms with Crippen molar-refractivity contribution in [3.05, 3.63) is 34.4 Å². The Morgan fingerprint density at radius 2 is 2.00 bits per heavy atom. The van der Waals surface area contributed by atoms with Gasteiger partial charge in [0.25, 0.3) is 0 Å². The largest absolute Gasteiger partial charge is 0.0622 e. The minimum absolute atomic E-state index is 0.882. The van der Waals surface area contributed by atoms with Crippen molar-refractivity contribution >= 4 is 0 Å². The van der Waals surface area contributed by atoms with Crippen molar-refractivity contribution in [1.29, 1.82) is 0 Å². The molecule has 1 aromatic rings. The molecular weight excluding hydrogens is 156 g/mol. The van der Waals surface area contributed by atoms with E-state index in [0.29, 0.717) is 0 Å². The first-order valence-corrected chi connectivity index (χ1v) is 5.26. The van der Waals surface area contributed by atoms with Gasteiger partial charge < -0.3 is 0 Å². The third-order valence-electron chi connectivity index (χ3n) is 3.43. The Balaban J connectivity index is 2.48. The molecule has 70 valence electrons. The summed E-state index contributed by atoms with van der Waals surface area (Å²) in [5.74, 6) is 0.882. The van der Waals surface area contributed by atoms with Gasteiger partial charge in [-0.15, -0.1) is 0 Å². The number of benzene rings is 1. The van der Waals surface area contributed by atoms with E-state index in [2.05, 4.69) is 32.9 Å². The average Bonchev–Trinajstić information content (AvgIpc) is 2.12. The van der Waals surface area contributed by atoms with Gasteiger partial charge in [-0.3, -0.25) is 0 Å². The highest BCUT2D eigenvalue weighted by atomic mass is 14.2. The number of fused-ring (bicyclic) bond motifs is 1. The summed E-state index contributed by atoms with van der Waals surface area (Å²) in [6, 6.07) is 4.59. The van der Waals surface area contributed by atoms with E-state index in [-0.39, 0.29) is 0 Å². The van der Waals surface area contributed by atoms with E-state index in [9.17, 15) is 0 Å². The van der Waals surface area contributed by atoms with Crippen LogP contribution in [-0.4, -0.2) is 0 Å². The van der Waals surface area contributed by atoms with Crippen LogP contribution < -0.4 is 0 Å². The van der Waals surface area contributed by atoms with Gasteiger partial charge in [0.15, 0.2) is 0 Å². The predicted molar refractivity (Wildman–Crippen MR) is 57.1 cm³/mol. The number of hydrogen-bond acceptors (Lipinski definition) is 0. The minimum Gasteiger partial charge on any atom is -0.0622 e. The third kappa shape index (κ3) is 1.50. The first-order chi connectivity index (χ1) is 6.18. The first-order valence-electron chi connectivity index (χ1n) is 5.26. The Labute approximate surface area is 81.0 Å². The molecule has 0 spiro atoms. The standard InChI is InChI=1S/C13H18/c1-9-4-6-12-7-5-10(2)11(3)13(12)8-9/h5,7,9H,4,6,8H2,1-3H3. The molecule has 0 heterocycles. The maximum absolute atomic E-state index is 2.37. The first kappa shape index (κ1) is 8.80. The summed E-state index contributed by atoms with van der Waals surface area (Å²) in [6.45, 7) is 6.85. The molecule has 0 saturated carbocycles. The molecule has 0 bridgehead atoms. The van der Waals surface area contributed by atoms with E-state index in [0.717, 1.165) is 5.92 Å². The molecule has 0 N–H and O–H groups in total. The summed E-state index contributed by atoms with van der Waals surface area (Å²) < 4.78 is 0. The highest BCUT2D eigenvalue weighted by Gasteiger charge is 2.16. The highest BCUT2D eigenvalue weighted by Crippen LogP contribution is 2.28. The van der Waals surface area contributed by atoms with E-state index >= 15 is 0 Å². The fourth-order valence-electron chi connectivity index (χ4n) is 2.30. The van der Waals surface area contributed by atoms with Crippen molar-refractivity contribution < 1.29 is 0 Å². The molecule has 1 aliphatic rings. The van der Waals surface area contributed by atoms with E-state index < -0.39 is 0 Å². The van der Waals surface area contributed by atoms with Gasteiger partial charge in [-0.1, -0.05) is 19.1 Å². The lowest BCUT2D eigenvalue weighted by molar-refractivity contribution is 0.499. The van der Waals surface area contributed by atoms with E-state index in [4.69, 9.17) is 0 Å². The van der Waals surface area contributed by atoms with Crippen molar-refractivity contribution in [1.82, 2.24) is 0 Å². The van der Waals surface area contributed by atoms with Gasteiger partial charge in [0.2, 0.25) is 0 Å². The molecule has 0 aromatic heterocycles. The molecule has 1 atom stereocenters. The molecule has 0 heteroatoms. The van der Waals surface area contributed by atoms with Crippen LogP contribution in [0.2, 0.25) is 0 Å². The fraction of sp³-hybridized carbons (Fsp3) is 0.538. The molecule has 13 heavy (non-hydrogen) atoms. The Kier molecular flexibility index (Phi) is 2.15. The van der Waals surface area contributed by atoms with Crippen molar-refractivity contribution in [2.24, 2.45) is 5.92 Å². The minimum atomic E-state index is 0.882. The Morgan fingerprint density at radius 3 is 2.77 bits per heavy atom. The zero-order valence-corrected chi connectivity index (χ0v) is 8.85. The molecule has 1 unspecified atom stereocenters. The molecule has 0 fully saturated rings. The molecule has 2 rings (SSSR count). The predicted octanol–water partition coefficient (Wildman–Crippen LogP) is 3.43. The van der Waals surface area contributed by atoms with Crippen molar-refractivity contribution in [3.63, 3.8) is 0 Å². The third-order valence-corrected chi connectivity index (χ3v) is 3.43. The van der Waals surface area contributed by atoms with Gasteiger partial charge in [0, 0.05) is 0 Å². The molecule has 1 aromatic carbocycles. The van der Waals surface area contributed by atoms with Gasteiger partial charge in [-0.25, -0.2) is 0 Å².